The smallest absolute Gasteiger partial charge is 0.323 e. The van der Waals surface area contributed by atoms with Gasteiger partial charge in [-0.15, -0.1) is 5.10 Å². The molecule has 0 fully saturated rings. The molecule has 5 rings (SSSR count). The van der Waals surface area contributed by atoms with Crippen molar-refractivity contribution >= 4 is 40.6 Å². The number of aromatic nitrogens is 3. The lowest BCUT2D eigenvalue weighted by Crippen LogP contribution is -2.26. The lowest BCUT2D eigenvalue weighted by atomic mass is 9.94. The zero-order chi connectivity index (χ0) is 20.5. The largest absolute Gasteiger partial charge is 0.453 e. The lowest BCUT2D eigenvalue weighted by Gasteiger charge is -2.27. The summed E-state index contributed by atoms with van der Waals surface area (Å²) >= 11 is 12.3. The molecule has 0 saturated heterocycles. The van der Waals surface area contributed by atoms with Crippen LogP contribution in [0, 0.1) is 0 Å². The number of carbonyl (C=O) groups excluding carboxylic acids is 1. The Hall–Kier alpha value is -2.84. The molecular formula is C19H9Cl2F3N4O. The minimum atomic E-state index is -4.74. The molecule has 1 aromatic heterocycles. The molecule has 3 aromatic rings. The van der Waals surface area contributed by atoms with Crippen LogP contribution in [0.5, 0.6) is 0 Å². The van der Waals surface area contributed by atoms with E-state index in [0.29, 0.717) is 27.4 Å². The average Bonchev–Trinajstić information content (AvgIpc) is 3.21. The highest BCUT2D eigenvalue weighted by Crippen LogP contribution is 2.47. The molecule has 1 aliphatic heterocycles. The Kier molecular flexibility index (Phi) is 3.81. The van der Waals surface area contributed by atoms with Gasteiger partial charge in [-0.3, -0.25) is 4.79 Å². The van der Waals surface area contributed by atoms with Crippen LogP contribution in [0.25, 0.3) is 5.70 Å². The number of nitrogens with one attached hydrogen (secondary N) is 1. The van der Waals surface area contributed by atoms with E-state index in [0.717, 1.165) is 4.68 Å². The maximum atomic E-state index is 13.3. The van der Waals surface area contributed by atoms with Gasteiger partial charge in [0.15, 0.2) is 5.78 Å². The summed E-state index contributed by atoms with van der Waals surface area (Å²) in [5, 5.41) is 7.05. The molecule has 29 heavy (non-hydrogen) atoms. The molecule has 5 nitrogen and oxygen atoms in total. The second-order valence-electron chi connectivity index (χ2n) is 6.56. The molecule has 1 N–H and O–H groups in total. The lowest BCUT2D eigenvalue weighted by molar-refractivity contribution is -0.145. The summed E-state index contributed by atoms with van der Waals surface area (Å²) in [6.07, 6.45) is -4.74. The van der Waals surface area contributed by atoms with Gasteiger partial charge in [-0.05, 0) is 12.1 Å². The van der Waals surface area contributed by atoms with Crippen molar-refractivity contribution in [3.05, 3.63) is 80.6 Å². The molecule has 0 radical (unpaired) electrons. The fourth-order valence-electron chi connectivity index (χ4n) is 3.65. The van der Waals surface area contributed by atoms with Crippen LogP contribution in [0.2, 0.25) is 10.0 Å². The van der Waals surface area contributed by atoms with Gasteiger partial charge < -0.3 is 5.32 Å². The molecule has 0 bridgehead atoms. The van der Waals surface area contributed by atoms with E-state index in [9.17, 15) is 18.0 Å². The summed E-state index contributed by atoms with van der Waals surface area (Å²) in [4.78, 5) is 16.8. The number of Topliss-reactive ketones (excluding diaryl/α,β-unsaturated/α-hetero) is 1. The monoisotopic (exact) mass is 436 g/mol. The highest BCUT2D eigenvalue weighted by Gasteiger charge is 2.45. The molecule has 1 atom stereocenters. The minimum absolute atomic E-state index is 0.128. The van der Waals surface area contributed by atoms with Crippen LogP contribution in [0.4, 0.5) is 19.1 Å². The van der Waals surface area contributed by atoms with Gasteiger partial charge in [0.25, 0.3) is 5.82 Å². The van der Waals surface area contributed by atoms with E-state index in [4.69, 9.17) is 23.2 Å². The number of carbonyl (C=O) groups is 1. The van der Waals surface area contributed by atoms with Crippen LogP contribution >= 0.6 is 23.2 Å². The highest BCUT2D eigenvalue weighted by atomic mass is 35.5. The minimum Gasteiger partial charge on any atom is -0.323 e. The van der Waals surface area contributed by atoms with Crippen molar-refractivity contribution in [1.29, 1.82) is 0 Å². The Morgan fingerprint density at radius 2 is 1.79 bits per heavy atom. The predicted octanol–water partition coefficient (Wildman–Crippen LogP) is 5.23. The SMILES string of the molecule is O=C1C2=C(Nc3nc(C(F)(F)F)nn3[C@@H]2c2ccc(Cl)cc2Cl)c2ccccc21. The predicted molar refractivity (Wildman–Crippen MR) is 101 cm³/mol. The first kappa shape index (κ1) is 18.2. The normalized spacial score (nSPS) is 17.7. The van der Waals surface area contributed by atoms with Crippen molar-refractivity contribution < 1.29 is 18.0 Å². The highest BCUT2D eigenvalue weighted by molar-refractivity contribution is 6.35. The maximum Gasteiger partial charge on any atom is 0.453 e. The summed E-state index contributed by atoms with van der Waals surface area (Å²) in [7, 11) is 0. The van der Waals surface area contributed by atoms with Gasteiger partial charge in [0.05, 0.1) is 11.3 Å². The fourth-order valence-corrected chi connectivity index (χ4v) is 4.16. The van der Waals surface area contributed by atoms with Crippen LogP contribution in [-0.2, 0) is 6.18 Å². The summed E-state index contributed by atoms with van der Waals surface area (Å²) in [6.45, 7) is 0. The summed E-state index contributed by atoms with van der Waals surface area (Å²) in [6, 6.07) is 10.4. The standard InChI is InChI=1S/C19H9Cl2F3N4O/c20-8-5-6-11(12(21)7-8)15-13-14(9-3-1-2-4-10(9)16(13)29)25-18-26-17(19(22,23)24)27-28(15)18/h1-7,15H,(H,25,26,27)/t15-/m1/s1. The quantitative estimate of drug-likeness (QED) is 0.567. The Balaban J connectivity index is 1.78. The fraction of sp³-hybridized carbons (Fsp3) is 0.105. The summed E-state index contributed by atoms with van der Waals surface area (Å²) in [5.74, 6) is -1.75. The van der Waals surface area contributed by atoms with Crippen LogP contribution in [0.15, 0.2) is 48.0 Å². The topological polar surface area (TPSA) is 59.8 Å². The molecule has 146 valence electrons. The van der Waals surface area contributed by atoms with Gasteiger partial charge in [0.1, 0.15) is 6.04 Å². The number of alkyl halides is 3. The molecule has 2 heterocycles. The van der Waals surface area contributed by atoms with Gasteiger partial charge in [-0.2, -0.15) is 18.2 Å². The molecule has 1 aliphatic carbocycles. The van der Waals surface area contributed by atoms with Crippen LogP contribution in [0.1, 0.15) is 33.4 Å². The first-order chi connectivity index (χ1) is 13.8. The third-order valence-electron chi connectivity index (χ3n) is 4.85. The van der Waals surface area contributed by atoms with Gasteiger partial charge in [-0.25, -0.2) is 4.68 Å². The summed E-state index contributed by atoms with van der Waals surface area (Å²) in [5.41, 5.74) is 2.08. The van der Waals surface area contributed by atoms with Crippen molar-refractivity contribution in [1.82, 2.24) is 14.8 Å². The number of allylic oxidation sites excluding steroid dienone is 1. The van der Waals surface area contributed by atoms with Crippen molar-refractivity contribution in [3.8, 4) is 0 Å². The van der Waals surface area contributed by atoms with Crippen molar-refractivity contribution in [3.63, 3.8) is 0 Å². The molecule has 0 amide bonds. The van der Waals surface area contributed by atoms with Crippen molar-refractivity contribution in [2.45, 2.75) is 12.2 Å². The number of rotatable bonds is 1. The van der Waals surface area contributed by atoms with E-state index in [1.54, 1.807) is 36.4 Å². The second-order valence-corrected chi connectivity index (χ2v) is 7.40. The number of ketones is 1. The maximum absolute atomic E-state index is 13.3. The molecular weight excluding hydrogens is 428 g/mol. The zero-order valence-corrected chi connectivity index (χ0v) is 15.8. The molecule has 0 saturated carbocycles. The van der Waals surface area contributed by atoms with Crippen molar-refractivity contribution in [2.75, 3.05) is 5.32 Å². The second kappa shape index (κ2) is 6.08. The molecule has 10 heteroatoms. The van der Waals surface area contributed by atoms with E-state index in [1.165, 1.54) is 6.07 Å². The van der Waals surface area contributed by atoms with Gasteiger partial charge >= 0.3 is 6.18 Å². The third kappa shape index (κ3) is 2.67. The number of nitrogens with zero attached hydrogens (tertiary/aromatic N) is 3. The first-order valence-electron chi connectivity index (χ1n) is 8.39. The molecule has 2 aromatic carbocycles. The number of hydrogen-bond donors (Lipinski definition) is 1. The molecule has 2 aliphatic rings. The Labute approximate surface area is 171 Å². The third-order valence-corrected chi connectivity index (χ3v) is 5.41. The van der Waals surface area contributed by atoms with E-state index in [1.807, 2.05) is 0 Å². The van der Waals surface area contributed by atoms with Gasteiger partial charge in [0, 0.05) is 26.7 Å². The van der Waals surface area contributed by atoms with E-state index < -0.39 is 18.0 Å². The van der Waals surface area contributed by atoms with Crippen molar-refractivity contribution in [2.24, 2.45) is 0 Å². The Morgan fingerprint density at radius 1 is 1.07 bits per heavy atom. The van der Waals surface area contributed by atoms with Gasteiger partial charge in [0.2, 0.25) is 5.95 Å². The van der Waals surface area contributed by atoms with E-state index in [2.05, 4.69) is 15.4 Å². The number of fused-ring (bicyclic) bond motifs is 3. The van der Waals surface area contributed by atoms with Crippen LogP contribution in [-0.4, -0.2) is 20.5 Å². The number of benzene rings is 2. The molecule has 0 spiro atoms. The molecule has 0 unspecified atom stereocenters. The van der Waals surface area contributed by atoms with Crippen LogP contribution in [0.3, 0.4) is 0 Å². The Bertz CT molecular complexity index is 1230. The van der Waals surface area contributed by atoms with E-state index in [-0.39, 0.29) is 22.3 Å². The first-order valence-corrected chi connectivity index (χ1v) is 9.15. The van der Waals surface area contributed by atoms with Crippen LogP contribution < -0.4 is 5.32 Å². The van der Waals surface area contributed by atoms with E-state index >= 15 is 0 Å². The summed E-state index contributed by atoms with van der Waals surface area (Å²) < 4.78 is 40.8. The number of anilines is 1. The number of hydrogen-bond acceptors (Lipinski definition) is 4. The Morgan fingerprint density at radius 3 is 2.48 bits per heavy atom. The number of halogens is 5. The van der Waals surface area contributed by atoms with Gasteiger partial charge in [-0.1, -0.05) is 53.5 Å². The average molecular weight is 437 g/mol. The zero-order valence-electron chi connectivity index (χ0n) is 14.3.